The van der Waals surface area contributed by atoms with Crippen LogP contribution in [0.5, 0.6) is 0 Å². The smallest absolute Gasteiger partial charge is 0.105 e. The van der Waals surface area contributed by atoms with E-state index >= 15 is 0 Å². The van der Waals surface area contributed by atoms with Crippen molar-refractivity contribution in [2.45, 2.75) is 19.3 Å². The molecule has 0 radical (unpaired) electrons. The maximum Gasteiger partial charge on any atom is 0.105 e. The molecule has 1 aliphatic rings. The third kappa shape index (κ3) is 8.20. The van der Waals surface area contributed by atoms with E-state index in [4.69, 9.17) is 0 Å². The lowest BCUT2D eigenvalue weighted by Crippen LogP contribution is -2.15. The molecule has 0 bridgehead atoms. The Labute approximate surface area is 456 Å². The summed E-state index contributed by atoms with van der Waals surface area (Å²) in [6, 6.07) is 110. The van der Waals surface area contributed by atoms with E-state index in [-0.39, 0.29) is 5.41 Å². The van der Waals surface area contributed by atoms with E-state index in [9.17, 15) is 0 Å². The normalized spacial score (nSPS) is 12.2. The minimum Gasteiger partial charge on any atom is -0.311 e. The maximum atomic E-state index is 3.71. The average molecular weight is 996 g/mol. The van der Waals surface area contributed by atoms with Gasteiger partial charge in [0.25, 0.3) is 0 Å². The lowest BCUT2D eigenvalue weighted by atomic mass is 9.82. The third-order valence-corrected chi connectivity index (χ3v) is 15.8. The zero-order chi connectivity index (χ0) is 52.2. The molecule has 78 heavy (non-hydrogen) atoms. The van der Waals surface area contributed by atoms with Crippen LogP contribution in [0, 0.1) is 12.1 Å². The first kappa shape index (κ1) is 46.4. The predicted octanol–water partition coefficient (Wildman–Crippen LogP) is 20.3. The van der Waals surface area contributed by atoms with Gasteiger partial charge in [-0.3, -0.25) is 0 Å². The van der Waals surface area contributed by atoms with Crippen LogP contribution in [0.3, 0.4) is 0 Å². The van der Waals surface area contributed by atoms with Crippen LogP contribution in [0.4, 0.5) is 34.1 Å². The summed E-state index contributed by atoms with van der Waals surface area (Å²) in [5, 5.41) is 2.32. The van der Waals surface area contributed by atoms with Crippen LogP contribution in [0.1, 0.15) is 25.0 Å². The predicted molar refractivity (Wildman–Crippen MR) is 327 cm³/mol. The topological polar surface area (TPSA) is 11.4 Å². The monoisotopic (exact) mass is 995 g/mol. The van der Waals surface area contributed by atoms with Gasteiger partial charge in [0.05, 0.1) is 5.52 Å². The number of para-hydroxylation sites is 4. The van der Waals surface area contributed by atoms with Gasteiger partial charge in [-0.05, 0) is 170 Å². The van der Waals surface area contributed by atoms with E-state index in [0.29, 0.717) is 0 Å². The van der Waals surface area contributed by atoms with Crippen LogP contribution in [-0.4, -0.2) is 4.57 Å². The molecule has 0 N–H and O–H groups in total. The van der Waals surface area contributed by atoms with Gasteiger partial charge in [0.1, 0.15) is 5.52 Å². The van der Waals surface area contributed by atoms with Crippen molar-refractivity contribution in [3.63, 3.8) is 0 Å². The molecular weight excluding hydrogens is 943 g/mol. The molecule has 14 rings (SSSR count). The van der Waals surface area contributed by atoms with Crippen molar-refractivity contribution in [2.24, 2.45) is 0 Å². The molecule has 0 unspecified atom stereocenters. The zero-order valence-corrected chi connectivity index (χ0v) is 43.5. The summed E-state index contributed by atoms with van der Waals surface area (Å²) < 4.78 is 2.39. The fourth-order valence-electron chi connectivity index (χ4n) is 11.8. The van der Waals surface area contributed by atoms with Gasteiger partial charge in [-0.25, -0.2) is 0 Å². The van der Waals surface area contributed by atoms with Crippen molar-refractivity contribution >= 4 is 55.9 Å². The van der Waals surface area contributed by atoms with Crippen LogP contribution >= 0.6 is 0 Å². The molecule has 0 spiro atoms. The van der Waals surface area contributed by atoms with Gasteiger partial charge in [-0.2, -0.15) is 0 Å². The second kappa shape index (κ2) is 19.2. The average Bonchev–Trinajstić information content (AvgIpc) is 3.98. The second-order valence-electron chi connectivity index (χ2n) is 20.8. The summed E-state index contributed by atoms with van der Waals surface area (Å²) in [7, 11) is 0. The fourth-order valence-corrected chi connectivity index (χ4v) is 11.8. The zero-order valence-electron chi connectivity index (χ0n) is 43.5. The lowest BCUT2D eigenvalue weighted by Gasteiger charge is -2.25. The Hall–Kier alpha value is -10.1. The van der Waals surface area contributed by atoms with Gasteiger partial charge in [-0.1, -0.05) is 202 Å². The minimum atomic E-state index is -0.130. The number of anilines is 6. The van der Waals surface area contributed by atoms with Crippen molar-refractivity contribution in [3.8, 4) is 61.3 Å². The molecule has 368 valence electrons. The van der Waals surface area contributed by atoms with E-state index in [1.165, 1.54) is 38.8 Å². The van der Waals surface area contributed by atoms with Crippen molar-refractivity contribution in [1.29, 1.82) is 0 Å². The maximum absolute atomic E-state index is 3.71. The number of aromatic nitrogens is 1. The Bertz CT molecular complexity index is 3970. The fraction of sp³-hybridized carbons (Fsp3) is 0.0400. The summed E-state index contributed by atoms with van der Waals surface area (Å²) in [5.74, 6) is 0. The Morgan fingerprint density at radius 1 is 0.308 bits per heavy atom. The molecule has 3 heteroatoms. The van der Waals surface area contributed by atoms with E-state index in [1.807, 2.05) is 0 Å². The van der Waals surface area contributed by atoms with Crippen LogP contribution in [0.15, 0.2) is 285 Å². The van der Waals surface area contributed by atoms with E-state index < -0.39 is 0 Å². The molecule has 1 aromatic heterocycles. The van der Waals surface area contributed by atoms with Crippen molar-refractivity contribution in [3.05, 3.63) is 308 Å². The van der Waals surface area contributed by atoms with E-state index in [1.54, 1.807) is 0 Å². The van der Waals surface area contributed by atoms with Crippen LogP contribution < -0.4 is 9.80 Å². The van der Waals surface area contributed by atoms with Crippen LogP contribution in [0.2, 0.25) is 0 Å². The molecule has 0 atom stereocenters. The Kier molecular flexibility index (Phi) is 11.4. The van der Waals surface area contributed by atoms with Crippen LogP contribution in [-0.2, 0) is 5.41 Å². The number of rotatable bonds is 11. The quantitative estimate of drug-likeness (QED) is 0.128. The Morgan fingerprint density at radius 3 is 1.21 bits per heavy atom. The van der Waals surface area contributed by atoms with Gasteiger partial charge in [0.2, 0.25) is 0 Å². The van der Waals surface area contributed by atoms with Gasteiger partial charge in [0.15, 0.2) is 0 Å². The SMILES string of the molecule is CC1(C)c2ccccc2-c2ccc(-n3c4c#cc(-c5ccc(-c6ccc(N(c7ccccc7)c7ccccc7)cc6)cc5)cc4c4cc(-c5ccc(-c6ccc(N(c7ccccc7)c7ccccc7)cc6)cc5)ccc43)cc21. The minimum absolute atomic E-state index is 0.130. The number of benzene rings is 11. The standard InChI is InChI=1S/C75H53N3/c1-75(2)71-26-16-15-25-67(71)68-46-45-66(51-72(68)75)78-73-47-39-58(56-31-27-52(28-32-56)54-35-41-64(42-36-54)76(60-17-7-3-8-18-60)61-19-9-4-10-20-61)49-69(73)70-50-59(40-48-74(70)78)57-33-29-53(30-34-57)55-37-43-65(44-38-55)77(62-21-11-5-12-22-62)63-23-13-6-14-24-63/h3-39,41-47,49-51H,1-2H3. The number of hydrogen-bond donors (Lipinski definition) is 0. The Morgan fingerprint density at radius 2 is 0.705 bits per heavy atom. The summed E-state index contributed by atoms with van der Waals surface area (Å²) >= 11 is 0. The number of hydrogen-bond acceptors (Lipinski definition) is 2. The molecule has 1 heterocycles. The highest BCUT2D eigenvalue weighted by molar-refractivity contribution is 6.11. The molecule has 0 saturated heterocycles. The molecular formula is C75H53N3. The molecule has 13 aromatic rings. The number of nitrogens with zero attached hydrogens (tertiary/aromatic N) is 3. The number of fused-ring (bicyclic) bond motifs is 6. The van der Waals surface area contributed by atoms with Crippen molar-refractivity contribution in [1.82, 2.24) is 4.57 Å². The molecule has 0 amide bonds. The summed E-state index contributed by atoms with van der Waals surface area (Å²) in [4.78, 5) is 4.59. The first-order valence-corrected chi connectivity index (χ1v) is 26.8. The highest BCUT2D eigenvalue weighted by Gasteiger charge is 2.35. The summed E-state index contributed by atoms with van der Waals surface area (Å²) in [5.41, 5.74) is 24.3. The molecule has 0 fully saturated rings. The van der Waals surface area contributed by atoms with Crippen LogP contribution in [0.25, 0.3) is 83.1 Å². The first-order valence-electron chi connectivity index (χ1n) is 26.8. The van der Waals surface area contributed by atoms with E-state index in [2.05, 4.69) is 325 Å². The van der Waals surface area contributed by atoms with Crippen molar-refractivity contribution < 1.29 is 0 Å². The lowest BCUT2D eigenvalue weighted by molar-refractivity contribution is 0.660. The molecule has 12 aromatic carbocycles. The molecule has 3 nitrogen and oxygen atoms in total. The highest BCUT2D eigenvalue weighted by atomic mass is 15.1. The largest absolute Gasteiger partial charge is 0.311 e. The van der Waals surface area contributed by atoms with Gasteiger partial charge >= 0.3 is 0 Å². The second-order valence-corrected chi connectivity index (χ2v) is 20.8. The summed E-state index contributed by atoms with van der Waals surface area (Å²) in [6.07, 6.45) is 0. The first-order chi connectivity index (χ1) is 38.4. The molecule has 0 saturated carbocycles. The Balaban J connectivity index is 0.808. The third-order valence-electron chi connectivity index (χ3n) is 15.8. The molecule has 0 aliphatic heterocycles. The highest BCUT2D eigenvalue weighted by Crippen LogP contribution is 2.50. The van der Waals surface area contributed by atoms with E-state index in [0.717, 1.165) is 89.6 Å². The van der Waals surface area contributed by atoms with Crippen molar-refractivity contribution in [2.75, 3.05) is 9.80 Å². The van der Waals surface area contributed by atoms with Gasteiger partial charge in [0, 0.05) is 61.6 Å². The van der Waals surface area contributed by atoms with Gasteiger partial charge < -0.3 is 14.4 Å². The molecule has 1 aliphatic carbocycles. The van der Waals surface area contributed by atoms with Gasteiger partial charge in [-0.15, -0.1) is 0 Å². The summed E-state index contributed by atoms with van der Waals surface area (Å²) in [6.45, 7) is 4.70.